The number of carbonyl (C=O) groups excluding carboxylic acids is 2. The van der Waals surface area contributed by atoms with Crippen molar-refractivity contribution in [3.05, 3.63) is 30.5 Å². The predicted molar refractivity (Wildman–Crippen MR) is 81.1 cm³/mol. The van der Waals surface area contributed by atoms with Crippen molar-refractivity contribution in [1.82, 2.24) is 15.2 Å². The summed E-state index contributed by atoms with van der Waals surface area (Å²) in [5, 5.41) is 6.75. The third kappa shape index (κ3) is 2.84. The van der Waals surface area contributed by atoms with Crippen molar-refractivity contribution in [3.63, 3.8) is 0 Å². The van der Waals surface area contributed by atoms with Crippen molar-refractivity contribution < 1.29 is 9.59 Å². The quantitative estimate of drug-likeness (QED) is 0.749. The summed E-state index contributed by atoms with van der Waals surface area (Å²) in [6, 6.07) is 7.49. The van der Waals surface area contributed by atoms with Crippen LogP contribution in [0.4, 0.5) is 10.5 Å². The van der Waals surface area contributed by atoms with Gasteiger partial charge in [-0.3, -0.25) is 4.79 Å². The average molecular weight is 286 g/mol. The Bertz CT molecular complexity index is 679. The SMILES string of the molecule is CC1CNC(=O)CCN1C(=O)Nc1ccc2[nH]ccc2c1. The standard InChI is InChI=1S/C15H18N4O2/c1-10-9-17-14(20)5-7-19(10)15(21)18-12-2-3-13-11(8-12)4-6-16-13/h2-4,6,8,10,16H,5,7,9H2,1H3,(H,17,20)(H,18,21). The van der Waals surface area contributed by atoms with Crippen molar-refractivity contribution in [1.29, 1.82) is 0 Å². The zero-order valence-electron chi connectivity index (χ0n) is 11.8. The minimum Gasteiger partial charge on any atom is -0.361 e. The summed E-state index contributed by atoms with van der Waals surface area (Å²) >= 11 is 0. The maximum atomic E-state index is 12.4. The van der Waals surface area contributed by atoms with Crippen LogP contribution < -0.4 is 10.6 Å². The van der Waals surface area contributed by atoms with Gasteiger partial charge in [-0.2, -0.15) is 0 Å². The summed E-state index contributed by atoms with van der Waals surface area (Å²) < 4.78 is 0. The van der Waals surface area contributed by atoms with Gasteiger partial charge in [0.05, 0.1) is 0 Å². The highest BCUT2D eigenvalue weighted by Crippen LogP contribution is 2.18. The normalized spacial score (nSPS) is 19.2. The molecule has 0 aliphatic carbocycles. The van der Waals surface area contributed by atoms with Gasteiger partial charge in [-0.05, 0) is 31.2 Å². The molecule has 1 aromatic heterocycles. The zero-order chi connectivity index (χ0) is 14.8. The Balaban J connectivity index is 1.73. The van der Waals surface area contributed by atoms with E-state index < -0.39 is 0 Å². The van der Waals surface area contributed by atoms with Crippen LogP contribution in [0.15, 0.2) is 30.5 Å². The summed E-state index contributed by atoms with van der Waals surface area (Å²) in [5.41, 5.74) is 1.79. The molecule has 1 saturated heterocycles. The monoisotopic (exact) mass is 286 g/mol. The molecule has 3 N–H and O–H groups in total. The van der Waals surface area contributed by atoms with E-state index in [0.29, 0.717) is 19.5 Å². The number of urea groups is 1. The Hall–Kier alpha value is -2.50. The summed E-state index contributed by atoms with van der Waals surface area (Å²) in [5.74, 6) is -0.00843. The van der Waals surface area contributed by atoms with E-state index in [0.717, 1.165) is 16.6 Å². The van der Waals surface area contributed by atoms with Crippen LogP contribution in [0.2, 0.25) is 0 Å². The topological polar surface area (TPSA) is 77.2 Å². The first kappa shape index (κ1) is 13.5. The Morgan fingerprint density at radius 2 is 2.24 bits per heavy atom. The van der Waals surface area contributed by atoms with Gasteiger partial charge in [0.2, 0.25) is 5.91 Å². The predicted octanol–water partition coefficient (Wildman–Crippen LogP) is 1.91. The van der Waals surface area contributed by atoms with Crippen molar-refractivity contribution in [2.75, 3.05) is 18.4 Å². The maximum Gasteiger partial charge on any atom is 0.322 e. The number of benzene rings is 1. The molecule has 2 aromatic rings. The second-order valence-corrected chi connectivity index (χ2v) is 5.31. The van der Waals surface area contributed by atoms with Crippen LogP contribution in [0.25, 0.3) is 10.9 Å². The Morgan fingerprint density at radius 1 is 1.38 bits per heavy atom. The summed E-state index contributed by atoms with van der Waals surface area (Å²) in [4.78, 5) is 28.6. The van der Waals surface area contributed by atoms with Crippen molar-refractivity contribution in [2.24, 2.45) is 0 Å². The van der Waals surface area contributed by atoms with E-state index in [1.807, 2.05) is 37.4 Å². The lowest BCUT2D eigenvalue weighted by Crippen LogP contribution is -2.44. The fourth-order valence-electron chi connectivity index (χ4n) is 2.53. The highest BCUT2D eigenvalue weighted by Gasteiger charge is 2.24. The summed E-state index contributed by atoms with van der Waals surface area (Å²) in [7, 11) is 0. The summed E-state index contributed by atoms with van der Waals surface area (Å²) in [6.45, 7) is 2.86. The van der Waals surface area contributed by atoms with Gasteiger partial charge in [-0.15, -0.1) is 0 Å². The number of anilines is 1. The van der Waals surface area contributed by atoms with Crippen LogP contribution in [0.1, 0.15) is 13.3 Å². The number of aromatic amines is 1. The van der Waals surface area contributed by atoms with Gasteiger partial charge in [-0.25, -0.2) is 4.79 Å². The number of amides is 3. The van der Waals surface area contributed by atoms with Gasteiger partial charge in [-0.1, -0.05) is 0 Å². The van der Waals surface area contributed by atoms with Gasteiger partial charge in [0.15, 0.2) is 0 Å². The van der Waals surface area contributed by atoms with Crippen LogP contribution in [0, 0.1) is 0 Å². The lowest BCUT2D eigenvalue weighted by molar-refractivity contribution is -0.120. The van der Waals surface area contributed by atoms with Crippen molar-refractivity contribution >= 4 is 28.5 Å². The molecule has 1 aliphatic heterocycles. The molecule has 21 heavy (non-hydrogen) atoms. The number of H-pyrrole nitrogens is 1. The van der Waals surface area contributed by atoms with Crippen LogP contribution >= 0.6 is 0 Å². The smallest absolute Gasteiger partial charge is 0.322 e. The van der Waals surface area contributed by atoms with Gasteiger partial charge >= 0.3 is 6.03 Å². The molecule has 3 rings (SSSR count). The molecule has 0 bridgehead atoms. The van der Waals surface area contributed by atoms with Crippen molar-refractivity contribution in [2.45, 2.75) is 19.4 Å². The Labute approximate surface area is 122 Å². The molecule has 0 radical (unpaired) electrons. The second kappa shape index (κ2) is 5.47. The first-order chi connectivity index (χ1) is 10.1. The molecule has 1 atom stereocenters. The number of fused-ring (bicyclic) bond motifs is 1. The van der Waals surface area contributed by atoms with E-state index >= 15 is 0 Å². The van der Waals surface area contributed by atoms with E-state index in [2.05, 4.69) is 15.6 Å². The number of nitrogens with zero attached hydrogens (tertiary/aromatic N) is 1. The fraction of sp³-hybridized carbons (Fsp3) is 0.333. The molecule has 0 spiro atoms. The first-order valence-electron chi connectivity index (χ1n) is 7.05. The molecule has 1 fully saturated rings. The molecule has 3 amide bonds. The van der Waals surface area contributed by atoms with E-state index in [-0.39, 0.29) is 18.0 Å². The average Bonchev–Trinajstić information content (AvgIpc) is 2.85. The molecular weight excluding hydrogens is 268 g/mol. The van der Waals surface area contributed by atoms with E-state index in [1.165, 1.54) is 0 Å². The Morgan fingerprint density at radius 3 is 3.10 bits per heavy atom. The molecule has 0 saturated carbocycles. The lowest BCUT2D eigenvalue weighted by Gasteiger charge is -2.26. The molecular formula is C15H18N4O2. The molecule has 6 heteroatoms. The van der Waals surface area contributed by atoms with Crippen LogP contribution in [-0.2, 0) is 4.79 Å². The molecule has 1 aliphatic rings. The number of hydrogen-bond acceptors (Lipinski definition) is 2. The van der Waals surface area contributed by atoms with Crippen LogP contribution in [0.5, 0.6) is 0 Å². The molecule has 2 heterocycles. The van der Waals surface area contributed by atoms with Crippen molar-refractivity contribution in [3.8, 4) is 0 Å². The Kier molecular flexibility index (Phi) is 3.51. The summed E-state index contributed by atoms with van der Waals surface area (Å²) in [6.07, 6.45) is 2.21. The highest BCUT2D eigenvalue weighted by atomic mass is 16.2. The van der Waals surface area contributed by atoms with Crippen LogP contribution in [-0.4, -0.2) is 41.0 Å². The fourth-order valence-corrected chi connectivity index (χ4v) is 2.53. The molecule has 6 nitrogen and oxygen atoms in total. The third-order valence-electron chi connectivity index (χ3n) is 3.77. The number of aromatic nitrogens is 1. The molecule has 1 aromatic carbocycles. The van der Waals surface area contributed by atoms with E-state index in [4.69, 9.17) is 0 Å². The second-order valence-electron chi connectivity index (χ2n) is 5.31. The number of rotatable bonds is 1. The number of carbonyl (C=O) groups is 2. The van der Waals surface area contributed by atoms with Gasteiger partial charge in [0.1, 0.15) is 0 Å². The minimum atomic E-state index is -0.172. The largest absolute Gasteiger partial charge is 0.361 e. The minimum absolute atomic E-state index is 0.00843. The van der Waals surface area contributed by atoms with Gasteiger partial charge in [0, 0.05) is 48.3 Å². The van der Waals surface area contributed by atoms with E-state index in [9.17, 15) is 9.59 Å². The first-order valence-corrected chi connectivity index (χ1v) is 7.05. The lowest BCUT2D eigenvalue weighted by atomic mass is 10.2. The highest BCUT2D eigenvalue weighted by molar-refractivity contribution is 5.93. The third-order valence-corrected chi connectivity index (χ3v) is 3.77. The van der Waals surface area contributed by atoms with Crippen LogP contribution in [0.3, 0.4) is 0 Å². The number of nitrogens with one attached hydrogen (secondary N) is 3. The molecule has 1 unspecified atom stereocenters. The van der Waals surface area contributed by atoms with Gasteiger partial charge in [0.25, 0.3) is 0 Å². The maximum absolute atomic E-state index is 12.4. The number of hydrogen-bond donors (Lipinski definition) is 3. The zero-order valence-corrected chi connectivity index (χ0v) is 11.8. The molecule has 110 valence electrons. The van der Waals surface area contributed by atoms with E-state index in [1.54, 1.807) is 4.90 Å². The van der Waals surface area contributed by atoms with Gasteiger partial charge < -0.3 is 20.5 Å².